The summed E-state index contributed by atoms with van der Waals surface area (Å²) in [7, 11) is 1.72. The molecule has 0 N–H and O–H groups in total. The molecule has 0 saturated heterocycles. The summed E-state index contributed by atoms with van der Waals surface area (Å²) in [4.78, 5) is 11.3. The highest BCUT2D eigenvalue weighted by atomic mass is 19.4. The van der Waals surface area contributed by atoms with Crippen molar-refractivity contribution < 1.29 is 40.6 Å². The van der Waals surface area contributed by atoms with E-state index in [9.17, 15) is 31.1 Å². The van der Waals surface area contributed by atoms with Gasteiger partial charge in [-0.25, -0.2) is 4.79 Å². The number of benzene rings is 1. The Labute approximate surface area is 109 Å². The van der Waals surface area contributed by atoms with E-state index in [1.807, 2.05) is 0 Å². The molecule has 0 spiro atoms. The van der Waals surface area contributed by atoms with E-state index in [0.29, 0.717) is 6.07 Å². The standard InChI is InChI=1S/C11H8F6O3/c1-19-5-3-6(9(18)20-2)8(11(15,16)17)7(4-5)10(12,13)14/h3-4H,1-2H3. The van der Waals surface area contributed by atoms with Gasteiger partial charge in [0.2, 0.25) is 0 Å². The summed E-state index contributed by atoms with van der Waals surface area (Å²) in [6.45, 7) is 0. The van der Waals surface area contributed by atoms with Crippen LogP contribution in [0.5, 0.6) is 5.75 Å². The fourth-order valence-corrected chi connectivity index (χ4v) is 1.53. The van der Waals surface area contributed by atoms with Crippen LogP contribution in [0.3, 0.4) is 0 Å². The van der Waals surface area contributed by atoms with Crippen molar-refractivity contribution in [3.05, 3.63) is 28.8 Å². The third-order valence-corrected chi connectivity index (χ3v) is 2.34. The molecule has 1 aromatic rings. The van der Waals surface area contributed by atoms with Gasteiger partial charge in [-0.05, 0) is 12.1 Å². The molecule has 0 amide bonds. The van der Waals surface area contributed by atoms with Crippen molar-refractivity contribution in [2.45, 2.75) is 12.4 Å². The molecule has 0 aromatic heterocycles. The van der Waals surface area contributed by atoms with Gasteiger partial charge in [-0.1, -0.05) is 0 Å². The van der Waals surface area contributed by atoms with Crippen molar-refractivity contribution in [1.82, 2.24) is 0 Å². The van der Waals surface area contributed by atoms with E-state index in [2.05, 4.69) is 9.47 Å². The molecule has 0 unspecified atom stereocenters. The van der Waals surface area contributed by atoms with E-state index in [0.717, 1.165) is 14.2 Å². The Morgan fingerprint density at radius 2 is 1.55 bits per heavy atom. The van der Waals surface area contributed by atoms with Crippen molar-refractivity contribution in [2.75, 3.05) is 14.2 Å². The lowest BCUT2D eigenvalue weighted by Gasteiger charge is -2.19. The van der Waals surface area contributed by atoms with Crippen molar-refractivity contribution in [2.24, 2.45) is 0 Å². The lowest BCUT2D eigenvalue weighted by molar-refractivity contribution is -0.162. The minimum atomic E-state index is -5.37. The second-order valence-corrected chi connectivity index (χ2v) is 3.58. The number of esters is 1. The molecule has 0 atom stereocenters. The van der Waals surface area contributed by atoms with Crippen LogP contribution >= 0.6 is 0 Å². The summed E-state index contributed by atoms with van der Waals surface area (Å²) in [6.07, 6.45) is -10.7. The predicted molar refractivity (Wildman–Crippen MR) is 54.3 cm³/mol. The summed E-state index contributed by atoms with van der Waals surface area (Å²) in [6, 6.07) is 0.721. The van der Waals surface area contributed by atoms with Gasteiger partial charge in [0.1, 0.15) is 5.75 Å². The Bertz CT molecular complexity index is 518. The molecule has 0 heterocycles. The average molecular weight is 302 g/mol. The van der Waals surface area contributed by atoms with Gasteiger partial charge in [0.25, 0.3) is 0 Å². The van der Waals surface area contributed by atoms with Crippen molar-refractivity contribution in [3.63, 3.8) is 0 Å². The first kappa shape index (κ1) is 16.1. The number of hydrogen-bond acceptors (Lipinski definition) is 3. The molecule has 0 radical (unpaired) electrons. The molecule has 9 heteroatoms. The fraction of sp³-hybridized carbons (Fsp3) is 0.364. The summed E-state index contributed by atoms with van der Waals surface area (Å²) < 4.78 is 85.2. The predicted octanol–water partition coefficient (Wildman–Crippen LogP) is 3.52. The Kier molecular flexibility index (Phi) is 4.21. The molecular formula is C11H8F6O3. The summed E-state index contributed by atoms with van der Waals surface area (Å²) >= 11 is 0. The lowest BCUT2D eigenvalue weighted by Crippen LogP contribution is -2.21. The molecular weight excluding hydrogens is 294 g/mol. The molecule has 0 aliphatic rings. The van der Waals surface area contributed by atoms with Gasteiger partial charge in [-0.15, -0.1) is 0 Å². The van der Waals surface area contributed by atoms with Crippen LogP contribution in [0.4, 0.5) is 26.3 Å². The number of ether oxygens (including phenoxy) is 2. The van der Waals surface area contributed by atoms with Crippen LogP contribution in [-0.4, -0.2) is 20.2 Å². The topological polar surface area (TPSA) is 35.5 Å². The summed E-state index contributed by atoms with van der Waals surface area (Å²) in [5.41, 5.74) is -5.37. The summed E-state index contributed by atoms with van der Waals surface area (Å²) in [5.74, 6) is -2.08. The largest absolute Gasteiger partial charge is 0.497 e. The molecule has 0 bridgehead atoms. The molecule has 1 rings (SSSR count). The first-order chi connectivity index (χ1) is 9.02. The van der Waals surface area contributed by atoms with Gasteiger partial charge in [0.15, 0.2) is 0 Å². The van der Waals surface area contributed by atoms with Crippen LogP contribution in [0.15, 0.2) is 12.1 Å². The molecule has 20 heavy (non-hydrogen) atoms. The van der Waals surface area contributed by atoms with E-state index >= 15 is 0 Å². The Hall–Kier alpha value is -1.93. The van der Waals surface area contributed by atoms with Crippen molar-refractivity contribution in [3.8, 4) is 5.75 Å². The van der Waals surface area contributed by atoms with Crippen LogP contribution < -0.4 is 4.74 Å². The molecule has 0 aliphatic carbocycles. The number of rotatable bonds is 2. The normalized spacial score (nSPS) is 12.2. The molecule has 112 valence electrons. The van der Waals surface area contributed by atoms with Crippen LogP contribution in [0.1, 0.15) is 21.5 Å². The van der Waals surface area contributed by atoms with Crippen LogP contribution in [-0.2, 0) is 17.1 Å². The maximum atomic E-state index is 12.8. The molecule has 0 fully saturated rings. The van der Waals surface area contributed by atoms with Crippen molar-refractivity contribution in [1.29, 1.82) is 0 Å². The fourth-order valence-electron chi connectivity index (χ4n) is 1.53. The highest BCUT2D eigenvalue weighted by Crippen LogP contribution is 2.44. The number of methoxy groups -OCH3 is 2. The number of halogens is 6. The minimum absolute atomic E-state index is 0.176. The summed E-state index contributed by atoms with van der Waals surface area (Å²) in [5, 5.41) is 0. The zero-order chi connectivity index (χ0) is 15.7. The number of hydrogen-bond donors (Lipinski definition) is 0. The van der Waals surface area contributed by atoms with E-state index in [-0.39, 0.29) is 6.07 Å². The van der Waals surface area contributed by atoms with E-state index in [1.165, 1.54) is 0 Å². The maximum Gasteiger partial charge on any atom is 0.417 e. The Balaban J connectivity index is 3.77. The average Bonchev–Trinajstić information content (AvgIpc) is 2.33. The van der Waals surface area contributed by atoms with Crippen molar-refractivity contribution >= 4 is 5.97 Å². The highest BCUT2D eigenvalue weighted by Gasteiger charge is 2.46. The number of carbonyl (C=O) groups excluding carboxylic acids is 1. The monoisotopic (exact) mass is 302 g/mol. The van der Waals surface area contributed by atoms with Gasteiger partial charge < -0.3 is 9.47 Å². The third-order valence-electron chi connectivity index (χ3n) is 2.34. The van der Waals surface area contributed by atoms with Gasteiger partial charge >= 0.3 is 18.3 Å². The zero-order valence-corrected chi connectivity index (χ0v) is 10.1. The Morgan fingerprint density at radius 1 is 1.00 bits per heavy atom. The SMILES string of the molecule is COC(=O)c1cc(OC)cc(C(F)(F)F)c1C(F)(F)F. The third kappa shape index (κ3) is 3.14. The first-order valence-electron chi connectivity index (χ1n) is 4.97. The van der Waals surface area contributed by atoms with E-state index in [1.54, 1.807) is 0 Å². The smallest absolute Gasteiger partial charge is 0.417 e. The van der Waals surface area contributed by atoms with E-state index in [4.69, 9.17) is 0 Å². The maximum absolute atomic E-state index is 12.8. The second-order valence-electron chi connectivity index (χ2n) is 3.58. The van der Waals surface area contributed by atoms with E-state index < -0.39 is 40.8 Å². The first-order valence-corrected chi connectivity index (χ1v) is 4.97. The highest BCUT2D eigenvalue weighted by molar-refractivity contribution is 5.92. The van der Waals surface area contributed by atoms with Gasteiger partial charge in [0.05, 0.1) is 30.9 Å². The van der Waals surface area contributed by atoms with Gasteiger partial charge in [-0.3, -0.25) is 0 Å². The zero-order valence-electron chi connectivity index (χ0n) is 10.1. The van der Waals surface area contributed by atoms with Gasteiger partial charge in [0, 0.05) is 0 Å². The Morgan fingerprint density at radius 3 is 1.90 bits per heavy atom. The van der Waals surface area contributed by atoms with Gasteiger partial charge in [-0.2, -0.15) is 26.3 Å². The quantitative estimate of drug-likeness (QED) is 0.619. The van der Waals surface area contributed by atoms with Crippen LogP contribution in [0.25, 0.3) is 0 Å². The van der Waals surface area contributed by atoms with Crippen LogP contribution in [0.2, 0.25) is 0 Å². The second kappa shape index (κ2) is 5.22. The molecule has 1 aromatic carbocycles. The lowest BCUT2D eigenvalue weighted by atomic mass is 9.99. The number of alkyl halides is 6. The number of carbonyl (C=O) groups is 1. The minimum Gasteiger partial charge on any atom is -0.497 e. The molecule has 3 nitrogen and oxygen atoms in total. The molecule has 0 saturated carbocycles. The molecule has 0 aliphatic heterocycles. The van der Waals surface area contributed by atoms with Crippen LogP contribution in [0, 0.1) is 0 Å².